The monoisotopic (exact) mass is 273 g/mol. The standard InChI is InChI=1S/C15H15NO4/c1-8-4-5-9(2)11-10(8)12(17)16(13(11)18)15(14(19)20)6-3-7-15/h4-5H,3,6-7H2,1-2H3,(H,19,20). The van der Waals surface area contributed by atoms with Gasteiger partial charge in [0.1, 0.15) is 5.54 Å². The Morgan fingerprint density at radius 2 is 1.55 bits per heavy atom. The van der Waals surface area contributed by atoms with E-state index in [1.165, 1.54) is 0 Å². The van der Waals surface area contributed by atoms with Crippen molar-refractivity contribution in [2.45, 2.75) is 38.6 Å². The first kappa shape index (κ1) is 12.8. The fourth-order valence-electron chi connectivity index (χ4n) is 3.11. The molecule has 5 nitrogen and oxygen atoms in total. The van der Waals surface area contributed by atoms with Crippen molar-refractivity contribution in [3.8, 4) is 0 Å². The molecule has 0 unspecified atom stereocenters. The molecule has 0 aromatic heterocycles. The van der Waals surface area contributed by atoms with Crippen LogP contribution < -0.4 is 0 Å². The number of aryl methyl sites for hydroxylation is 2. The van der Waals surface area contributed by atoms with Gasteiger partial charge in [-0.05, 0) is 44.2 Å². The Kier molecular flexibility index (Phi) is 2.51. The van der Waals surface area contributed by atoms with Crippen LogP contribution in [0.15, 0.2) is 12.1 Å². The normalized spacial score (nSPS) is 19.8. The smallest absolute Gasteiger partial charge is 0.330 e. The van der Waals surface area contributed by atoms with E-state index in [1.54, 1.807) is 26.0 Å². The van der Waals surface area contributed by atoms with Crippen molar-refractivity contribution < 1.29 is 19.5 Å². The van der Waals surface area contributed by atoms with Gasteiger partial charge in [0, 0.05) is 0 Å². The van der Waals surface area contributed by atoms with Gasteiger partial charge in [0.25, 0.3) is 11.8 Å². The number of carboxylic acid groups (broad SMARTS) is 1. The number of rotatable bonds is 2. The van der Waals surface area contributed by atoms with Crippen LogP contribution in [-0.2, 0) is 4.79 Å². The van der Waals surface area contributed by atoms with Gasteiger partial charge >= 0.3 is 5.97 Å². The van der Waals surface area contributed by atoms with Gasteiger partial charge in [-0.15, -0.1) is 0 Å². The summed E-state index contributed by atoms with van der Waals surface area (Å²) in [6, 6.07) is 3.58. The number of amides is 2. The molecule has 1 aromatic rings. The maximum absolute atomic E-state index is 12.6. The fraction of sp³-hybridized carbons (Fsp3) is 0.400. The molecule has 0 saturated heterocycles. The van der Waals surface area contributed by atoms with Gasteiger partial charge in [0.15, 0.2) is 0 Å². The van der Waals surface area contributed by atoms with Crippen LogP contribution in [0.25, 0.3) is 0 Å². The van der Waals surface area contributed by atoms with E-state index in [0.717, 1.165) is 11.3 Å². The number of fused-ring (bicyclic) bond motifs is 1. The molecule has 1 heterocycles. The van der Waals surface area contributed by atoms with Gasteiger partial charge in [0.2, 0.25) is 0 Å². The molecule has 1 aliphatic heterocycles. The number of imide groups is 1. The summed E-state index contributed by atoms with van der Waals surface area (Å²) in [4.78, 5) is 37.7. The molecule has 0 spiro atoms. The third kappa shape index (κ3) is 1.35. The Balaban J connectivity index is 2.18. The molecule has 1 N–H and O–H groups in total. The zero-order valence-electron chi connectivity index (χ0n) is 11.4. The van der Waals surface area contributed by atoms with E-state index in [-0.39, 0.29) is 0 Å². The molecule has 1 saturated carbocycles. The third-order valence-electron chi connectivity index (χ3n) is 4.46. The first-order chi connectivity index (χ1) is 9.40. The Morgan fingerprint density at radius 1 is 1.10 bits per heavy atom. The van der Waals surface area contributed by atoms with Crippen molar-refractivity contribution >= 4 is 17.8 Å². The Labute approximate surface area is 116 Å². The number of aliphatic carboxylic acids is 1. The lowest BCUT2D eigenvalue weighted by molar-refractivity contribution is -0.153. The van der Waals surface area contributed by atoms with E-state index in [0.29, 0.717) is 35.1 Å². The van der Waals surface area contributed by atoms with Crippen LogP contribution in [0.1, 0.15) is 51.1 Å². The molecule has 3 rings (SSSR count). The van der Waals surface area contributed by atoms with Crippen LogP contribution in [0.4, 0.5) is 0 Å². The highest BCUT2D eigenvalue weighted by Gasteiger charge is 2.57. The number of hydrogen-bond donors (Lipinski definition) is 1. The van der Waals surface area contributed by atoms with Crippen molar-refractivity contribution in [2.24, 2.45) is 0 Å². The summed E-state index contributed by atoms with van der Waals surface area (Å²) in [5.74, 6) is -2.02. The number of carbonyl (C=O) groups excluding carboxylic acids is 2. The van der Waals surface area contributed by atoms with Gasteiger partial charge < -0.3 is 5.11 Å². The first-order valence-corrected chi connectivity index (χ1v) is 6.62. The second kappa shape index (κ2) is 3.91. The predicted molar refractivity (Wildman–Crippen MR) is 70.6 cm³/mol. The highest BCUT2D eigenvalue weighted by Crippen LogP contribution is 2.43. The number of benzene rings is 1. The molecule has 2 amide bonds. The summed E-state index contributed by atoms with van der Waals surface area (Å²) in [7, 11) is 0. The lowest BCUT2D eigenvalue weighted by Crippen LogP contribution is -2.61. The minimum atomic E-state index is -1.34. The minimum absolute atomic E-state index is 0.339. The average molecular weight is 273 g/mol. The molecule has 104 valence electrons. The lowest BCUT2D eigenvalue weighted by Gasteiger charge is -2.43. The number of carboxylic acids is 1. The Hall–Kier alpha value is -2.17. The van der Waals surface area contributed by atoms with Gasteiger partial charge in [-0.1, -0.05) is 12.1 Å². The molecule has 1 aliphatic carbocycles. The maximum atomic E-state index is 12.6. The average Bonchev–Trinajstić information content (AvgIpc) is 2.58. The topological polar surface area (TPSA) is 74.7 Å². The summed E-state index contributed by atoms with van der Waals surface area (Å²) >= 11 is 0. The summed E-state index contributed by atoms with van der Waals surface area (Å²) in [6.45, 7) is 3.53. The van der Waals surface area contributed by atoms with Crippen LogP contribution in [0.2, 0.25) is 0 Å². The van der Waals surface area contributed by atoms with Crippen molar-refractivity contribution in [1.82, 2.24) is 4.90 Å². The largest absolute Gasteiger partial charge is 0.479 e. The highest BCUT2D eigenvalue weighted by molar-refractivity contribution is 6.24. The second-order valence-corrected chi connectivity index (χ2v) is 5.59. The van der Waals surface area contributed by atoms with Crippen molar-refractivity contribution in [1.29, 1.82) is 0 Å². The molecule has 20 heavy (non-hydrogen) atoms. The van der Waals surface area contributed by atoms with Crippen LogP contribution in [-0.4, -0.2) is 33.3 Å². The van der Waals surface area contributed by atoms with E-state index in [2.05, 4.69) is 0 Å². The van der Waals surface area contributed by atoms with Gasteiger partial charge in [-0.2, -0.15) is 0 Å². The molecular formula is C15H15NO4. The number of hydrogen-bond acceptors (Lipinski definition) is 3. The zero-order chi connectivity index (χ0) is 14.7. The second-order valence-electron chi connectivity index (χ2n) is 5.59. The van der Waals surface area contributed by atoms with E-state index < -0.39 is 23.3 Å². The van der Waals surface area contributed by atoms with Crippen molar-refractivity contribution in [3.63, 3.8) is 0 Å². The van der Waals surface area contributed by atoms with Crippen LogP contribution >= 0.6 is 0 Å². The summed E-state index contributed by atoms with van der Waals surface area (Å²) in [5.41, 5.74) is 0.814. The van der Waals surface area contributed by atoms with E-state index in [1.807, 2.05) is 0 Å². The molecule has 0 radical (unpaired) electrons. The first-order valence-electron chi connectivity index (χ1n) is 6.62. The molecular weight excluding hydrogens is 258 g/mol. The van der Waals surface area contributed by atoms with E-state index >= 15 is 0 Å². The van der Waals surface area contributed by atoms with Crippen molar-refractivity contribution in [2.75, 3.05) is 0 Å². The van der Waals surface area contributed by atoms with E-state index in [9.17, 15) is 19.5 Å². The molecule has 1 fully saturated rings. The molecule has 0 bridgehead atoms. The highest BCUT2D eigenvalue weighted by atomic mass is 16.4. The quantitative estimate of drug-likeness (QED) is 0.835. The molecule has 2 aliphatic rings. The summed E-state index contributed by atoms with van der Waals surface area (Å²) in [5, 5.41) is 9.45. The lowest BCUT2D eigenvalue weighted by atomic mass is 9.75. The van der Waals surface area contributed by atoms with Crippen molar-refractivity contribution in [3.05, 3.63) is 34.4 Å². The van der Waals surface area contributed by atoms with Crippen LogP contribution in [0.5, 0.6) is 0 Å². The summed E-state index contributed by atoms with van der Waals surface area (Å²) in [6.07, 6.45) is 1.40. The number of nitrogens with zero attached hydrogens (tertiary/aromatic N) is 1. The van der Waals surface area contributed by atoms with Gasteiger partial charge in [-0.25, -0.2) is 4.79 Å². The van der Waals surface area contributed by atoms with Gasteiger partial charge in [0.05, 0.1) is 11.1 Å². The van der Waals surface area contributed by atoms with Crippen LogP contribution in [0.3, 0.4) is 0 Å². The minimum Gasteiger partial charge on any atom is -0.479 e. The number of carbonyl (C=O) groups is 3. The third-order valence-corrected chi connectivity index (χ3v) is 4.46. The SMILES string of the molecule is Cc1ccc(C)c2c1C(=O)N(C1(C(=O)O)CCC1)C2=O. The molecule has 5 heteroatoms. The van der Waals surface area contributed by atoms with Gasteiger partial charge in [-0.3, -0.25) is 14.5 Å². The Bertz CT molecular complexity index is 617. The molecule has 0 atom stereocenters. The zero-order valence-corrected chi connectivity index (χ0v) is 11.4. The fourth-order valence-corrected chi connectivity index (χ4v) is 3.11. The van der Waals surface area contributed by atoms with Crippen LogP contribution in [0, 0.1) is 13.8 Å². The molecule has 1 aromatic carbocycles. The summed E-state index contributed by atoms with van der Waals surface area (Å²) < 4.78 is 0. The predicted octanol–water partition coefficient (Wildman–Crippen LogP) is 1.91. The van der Waals surface area contributed by atoms with E-state index in [4.69, 9.17) is 0 Å². The maximum Gasteiger partial charge on any atom is 0.330 e. The Morgan fingerprint density at radius 3 is 1.85 bits per heavy atom.